The molecular weight excluding hydrogens is 268 g/mol. The van der Waals surface area contributed by atoms with Gasteiger partial charge in [-0.1, -0.05) is 47.7 Å². The molecule has 0 radical (unpaired) electrons. The van der Waals surface area contributed by atoms with Crippen molar-refractivity contribution in [2.75, 3.05) is 5.75 Å². The van der Waals surface area contributed by atoms with E-state index in [1.807, 2.05) is 56.4 Å². The van der Waals surface area contributed by atoms with E-state index in [4.69, 9.17) is 0 Å². The van der Waals surface area contributed by atoms with Crippen LogP contribution >= 0.6 is 11.8 Å². The van der Waals surface area contributed by atoms with Crippen molar-refractivity contribution in [3.63, 3.8) is 0 Å². The first-order valence-corrected chi connectivity index (χ1v) is 7.50. The number of pyridine rings is 1. The lowest BCUT2D eigenvalue weighted by molar-refractivity contribution is -0.118. The van der Waals surface area contributed by atoms with Crippen LogP contribution in [0.5, 0.6) is 0 Å². The van der Waals surface area contributed by atoms with Gasteiger partial charge in [0, 0.05) is 12.7 Å². The van der Waals surface area contributed by atoms with Gasteiger partial charge >= 0.3 is 0 Å². The Balaban J connectivity index is 1.75. The maximum absolute atomic E-state index is 11.8. The Morgan fingerprint density at radius 2 is 1.80 bits per heavy atom. The molecule has 1 aromatic carbocycles. The molecule has 0 aliphatic rings. The van der Waals surface area contributed by atoms with Crippen LogP contribution in [0.15, 0.2) is 47.6 Å². The van der Waals surface area contributed by atoms with Crippen LogP contribution < -0.4 is 5.32 Å². The minimum absolute atomic E-state index is 0.0259. The number of thioether (sulfide) groups is 1. The average Bonchev–Trinajstić information content (AvgIpc) is 2.46. The van der Waals surface area contributed by atoms with E-state index in [0.29, 0.717) is 12.3 Å². The Hall–Kier alpha value is -1.81. The fraction of sp³-hybridized carbons (Fsp3) is 0.250. The summed E-state index contributed by atoms with van der Waals surface area (Å²) in [5, 5.41) is 3.79. The monoisotopic (exact) mass is 286 g/mol. The van der Waals surface area contributed by atoms with Crippen LogP contribution in [-0.4, -0.2) is 16.6 Å². The minimum Gasteiger partial charge on any atom is -0.351 e. The largest absolute Gasteiger partial charge is 0.351 e. The van der Waals surface area contributed by atoms with E-state index in [9.17, 15) is 4.79 Å². The Morgan fingerprint density at radius 1 is 1.10 bits per heavy atom. The van der Waals surface area contributed by atoms with Crippen LogP contribution in [0.3, 0.4) is 0 Å². The van der Waals surface area contributed by atoms with Gasteiger partial charge in [-0.05, 0) is 31.0 Å². The lowest BCUT2D eigenvalue weighted by Gasteiger charge is -2.05. The molecule has 20 heavy (non-hydrogen) atoms. The van der Waals surface area contributed by atoms with E-state index in [1.54, 1.807) is 0 Å². The first kappa shape index (κ1) is 14.6. The normalized spacial score (nSPS) is 10.3. The third-order valence-electron chi connectivity index (χ3n) is 2.85. The number of nitrogens with one attached hydrogen (secondary N) is 1. The highest BCUT2D eigenvalue weighted by molar-refractivity contribution is 7.99. The van der Waals surface area contributed by atoms with Crippen molar-refractivity contribution >= 4 is 17.7 Å². The first-order valence-electron chi connectivity index (χ1n) is 6.51. The average molecular weight is 286 g/mol. The van der Waals surface area contributed by atoms with Gasteiger partial charge in [0.15, 0.2) is 0 Å². The summed E-state index contributed by atoms with van der Waals surface area (Å²) in [4.78, 5) is 16.0. The minimum atomic E-state index is 0.0259. The number of carbonyl (C=O) groups excluding carboxylic acids is 1. The number of aryl methyl sites for hydroxylation is 2. The third-order valence-corrected chi connectivity index (χ3v) is 3.79. The zero-order valence-corrected chi connectivity index (χ0v) is 12.5. The summed E-state index contributed by atoms with van der Waals surface area (Å²) in [7, 11) is 0. The number of nitrogens with zero attached hydrogens (tertiary/aromatic N) is 1. The van der Waals surface area contributed by atoms with Crippen LogP contribution in [0.1, 0.15) is 16.7 Å². The smallest absolute Gasteiger partial charge is 0.230 e. The van der Waals surface area contributed by atoms with E-state index in [-0.39, 0.29) is 5.91 Å². The van der Waals surface area contributed by atoms with Gasteiger partial charge in [-0.25, -0.2) is 4.98 Å². The molecule has 0 unspecified atom stereocenters. The van der Waals surface area contributed by atoms with Crippen LogP contribution in [-0.2, 0) is 11.3 Å². The second-order valence-corrected chi connectivity index (χ2v) is 5.72. The second-order valence-electron chi connectivity index (χ2n) is 4.72. The summed E-state index contributed by atoms with van der Waals surface area (Å²) in [6, 6.07) is 12.1. The fourth-order valence-corrected chi connectivity index (χ4v) is 2.31. The molecule has 1 amide bonds. The van der Waals surface area contributed by atoms with Gasteiger partial charge in [-0.2, -0.15) is 0 Å². The summed E-state index contributed by atoms with van der Waals surface area (Å²) in [5.41, 5.74) is 3.46. The Labute approximate surface area is 123 Å². The molecule has 0 spiro atoms. The van der Waals surface area contributed by atoms with Gasteiger partial charge < -0.3 is 5.32 Å². The number of hydrogen-bond acceptors (Lipinski definition) is 3. The summed E-state index contributed by atoms with van der Waals surface area (Å²) < 4.78 is 0. The topological polar surface area (TPSA) is 42.0 Å². The maximum Gasteiger partial charge on any atom is 0.230 e. The van der Waals surface area contributed by atoms with E-state index in [1.165, 1.54) is 17.3 Å². The molecule has 0 aliphatic heterocycles. The Kier molecular flexibility index (Phi) is 5.18. The van der Waals surface area contributed by atoms with Crippen LogP contribution in [0.2, 0.25) is 0 Å². The number of carbonyl (C=O) groups is 1. The van der Waals surface area contributed by atoms with Gasteiger partial charge in [-0.15, -0.1) is 0 Å². The molecule has 1 N–H and O–H groups in total. The van der Waals surface area contributed by atoms with Gasteiger partial charge in [0.2, 0.25) is 5.91 Å². The van der Waals surface area contributed by atoms with E-state index in [0.717, 1.165) is 16.2 Å². The predicted octanol–water partition coefficient (Wildman–Crippen LogP) is 3.11. The Morgan fingerprint density at radius 3 is 2.45 bits per heavy atom. The number of rotatable bonds is 5. The van der Waals surface area contributed by atoms with Crippen LogP contribution in [0.4, 0.5) is 0 Å². The third kappa shape index (κ3) is 4.70. The Bertz CT molecular complexity index is 513. The molecule has 1 aromatic heterocycles. The van der Waals surface area contributed by atoms with Gasteiger partial charge in [0.05, 0.1) is 10.8 Å². The van der Waals surface area contributed by atoms with Crippen molar-refractivity contribution in [3.05, 3.63) is 59.3 Å². The number of aromatic nitrogens is 1. The standard InChI is InChI=1S/C16H18N2OS/c1-12-3-6-14(7-4-12)10-17-15(19)11-20-16-8-5-13(2)9-18-16/h3-9H,10-11H2,1-2H3,(H,17,19). The number of hydrogen-bond donors (Lipinski definition) is 1. The fourth-order valence-electron chi connectivity index (χ4n) is 1.64. The zero-order valence-electron chi connectivity index (χ0n) is 11.7. The lowest BCUT2D eigenvalue weighted by atomic mass is 10.1. The molecular formula is C16H18N2OS. The summed E-state index contributed by atoms with van der Waals surface area (Å²) in [6.07, 6.45) is 1.81. The highest BCUT2D eigenvalue weighted by atomic mass is 32.2. The molecule has 0 fully saturated rings. The predicted molar refractivity (Wildman–Crippen MR) is 82.7 cm³/mol. The molecule has 0 bridgehead atoms. The van der Waals surface area contributed by atoms with E-state index in [2.05, 4.69) is 10.3 Å². The second kappa shape index (κ2) is 7.10. The highest BCUT2D eigenvalue weighted by Crippen LogP contribution is 2.14. The van der Waals surface area contributed by atoms with Crippen molar-refractivity contribution in [2.45, 2.75) is 25.4 Å². The summed E-state index contributed by atoms with van der Waals surface area (Å²) >= 11 is 1.45. The molecule has 4 heteroatoms. The van der Waals surface area contributed by atoms with Crippen molar-refractivity contribution in [1.29, 1.82) is 0 Å². The molecule has 3 nitrogen and oxygen atoms in total. The zero-order chi connectivity index (χ0) is 14.4. The molecule has 2 aromatic rings. The molecule has 0 saturated heterocycles. The lowest BCUT2D eigenvalue weighted by Crippen LogP contribution is -2.24. The van der Waals surface area contributed by atoms with E-state index < -0.39 is 0 Å². The van der Waals surface area contributed by atoms with Crippen molar-refractivity contribution in [1.82, 2.24) is 10.3 Å². The first-order chi connectivity index (χ1) is 9.63. The molecule has 0 atom stereocenters. The summed E-state index contributed by atoms with van der Waals surface area (Å²) in [5.74, 6) is 0.417. The van der Waals surface area contributed by atoms with Crippen molar-refractivity contribution in [3.8, 4) is 0 Å². The van der Waals surface area contributed by atoms with Gasteiger partial charge in [0.1, 0.15) is 0 Å². The molecule has 1 heterocycles. The van der Waals surface area contributed by atoms with Crippen LogP contribution in [0.25, 0.3) is 0 Å². The number of amides is 1. The number of benzene rings is 1. The van der Waals surface area contributed by atoms with Crippen molar-refractivity contribution < 1.29 is 4.79 Å². The van der Waals surface area contributed by atoms with Gasteiger partial charge in [0.25, 0.3) is 0 Å². The summed E-state index contributed by atoms with van der Waals surface area (Å²) in [6.45, 7) is 4.62. The molecule has 104 valence electrons. The highest BCUT2D eigenvalue weighted by Gasteiger charge is 2.03. The molecule has 0 aliphatic carbocycles. The van der Waals surface area contributed by atoms with E-state index >= 15 is 0 Å². The SMILES string of the molecule is Cc1ccc(CNC(=O)CSc2ccc(C)cn2)cc1. The van der Waals surface area contributed by atoms with Crippen molar-refractivity contribution in [2.24, 2.45) is 0 Å². The van der Waals surface area contributed by atoms with Gasteiger partial charge in [-0.3, -0.25) is 4.79 Å². The molecule has 0 saturated carbocycles. The van der Waals surface area contributed by atoms with Crippen LogP contribution in [0, 0.1) is 13.8 Å². The maximum atomic E-state index is 11.8. The quantitative estimate of drug-likeness (QED) is 0.859. The molecule has 2 rings (SSSR count).